The molecule has 1 amide bonds. The summed E-state index contributed by atoms with van der Waals surface area (Å²) in [6, 6.07) is 0.416. The van der Waals surface area contributed by atoms with E-state index in [4.69, 9.17) is 5.73 Å². The Bertz CT molecular complexity index is 255. The monoisotopic (exact) mass is 255 g/mol. The molecule has 3 N–H and O–H groups in total. The van der Waals surface area contributed by atoms with Crippen molar-refractivity contribution < 1.29 is 4.79 Å². The normalized spacial score (nSPS) is 23.1. The Labute approximate surface area is 111 Å². The summed E-state index contributed by atoms with van der Waals surface area (Å²) in [5, 5.41) is 2.95. The second-order valence-electron chi connectivity index (χ2n) is 5.73. The van der Waals surface area contributed by atoms with Crippen LogP contribution in [0.1, 0.15) is 46.5 Å². The van der Waals surface area contributed by atoms with Crippen LogP contribution in [0.2, 0.25) is 0 Å². The quantitative estimate of drug-likeness (QED) is 0.753. The third-order valence-electron chi connectivity index (χ3n) is 3.79. The SMILES string of the molecule is CCC1CCCN(C(CN)CC(=O)NC(C)C)C1. The minimum absolute atomic E-state index is 0.124. The molecule has 0 aromatic heterocycles. The Balaban J connectivity index is 2.46. The summed E-state index contributed by atoms with van der Waals surface area (Å²) >= 11 is 0. The van der Waals surface area contributed by atoms with E-state index < -0.39 is 0 Å². The van der Waals surface area contributed by atoms with Crippen molar-refractivity contribution >= 4 is 5.91 Å². The Morgan fingerprint density at radius 1 is 1.50 bits per heavy atom. The van der Waals surface area contributed by atoms with Crippen LogP contribution in [0.4, 0.5) is 0 Å². The van der Waals surface area contributed by atoms with Crippen LogP contribution in [-0.2, 0) is 4.79 Å². The fraction of sp³-hybridized carbons (Fsp3) is 0.929. The predicted molar refractivity (Wildman–Crippen MR) is 75.3 cm³/mol. The number of nitrogens with two attached hydrogens (primary N) is 1. The summed E-state index contributed by atoms with van der Waals surface area (Å²) in [6.45, 7) is 8.99. The predicted octanol–water partition coefficient (Wildman–Crippen LogP) is 1.35. The van der Waals surface area contributed by atoms with Crippen LogP contribution in [-0.4, -0.2) is 42.5 Å². The molecule has 0 aromatic carbocycles. The van der Waals surface area contributed by atoms with Gasteiger partial charge in [0.25, 0.3) is 0 Å². The highest BCUT2D eigenvalue weighted by molar-refractivity contribution is 5.76. The second-order valence-corrected chi connectivity index (χ2v) is 5.73. The molecule has 106 valence electrons. The van der Waals surface area contributed by atoms with Gasteiger partial charge in [-0.2, -0.15) is 0 Å². The molecule has 1 fully saturated rings. The van der Waals surface area contributed by atoms with E-state index >= 15 is 0 Å². The van der Waals surface area contributed by atoms with E-state index in [0.29, 0.717) is 13.0 Å². The molecular formula is C14H29N3O. The first-order valence-electron chi connectivity index (χ1n) is 7.30. The van der Waals surface area contributed by atoms with Crippen molar-refractivity contribution in [2.24, 2.45) is 11.7 Å². The van der Waals surface area contributed by atoms with Gasteiger partial charge in [-0.05, 0) is 39.2 Å². The summed E-state index contributed by atoms with van der Waals surface area (Å²) in [5.41, 5.74) is 5.85. The fourth-order valence-electron chi connectivity index (χ4n) is 2.72. The van der Waals surface area contributed by atoms with Crippen molar-refractivity contribution in [1.29, 1.82) is 0 Å². The molecule has 2 unspecified atom stereocenters. The number of hydrogen-bond acceptors (Lipinski definition) is 3. The Morgan fingerprint density at radius 2 is 2.22 bits per heavy atom. The fourth-order valence-corrected chi connectivity index (χ4v) is 2.72. The highest BCUT2D eigenvalue weighted by Gasteiger charge is 2.25. The Morgan fingerprint density at radius 3 is 2.78 bits per heavy atom. The number of nitrogens with zero attached hydrogens (tertiary/aromatic N) is 1. The molecule has 0 aliphatic carbocycles. The average molecular weight is 255 g/mol. The van der Waals surface area contributed by atoms with Gasteiger partial charge in [-0.3, -0.25) is 9.69 Å². The van der Waals surface area contributed by atoms with Gasteiger partial charge in [0.15, 0.2) is 0 Å². The molecule has 1 rings (SSSR count). The summed E-state index contributed by atoms with van der Waals surface area (Å²) in [6.07, 6.45) is 4.32. The molecule has 1 saturated heterocycles. The first kappa shape index (κ1) is 15.4. The first-order chi connectivity index (χ1) is 8.56. The maximum Gasteiger partial charge on any atom is 0.221 e. The zero-order chi connectivity index (χ0) is 13.5. The minimum Gasteiger partial charge on any atom is -0.354 e. The molecule has 4 heteroatoms. The maximum absolute atomic E-state index is 11.8. The highest BCUT2D eigenvalue weighted by Crippen LogP contribution is 2.21. The topological polar surface area (TPSA) is 58.4 Å². The van der Waals surface area contributed by atoms with Crippen LogP contribution in [0.25, 0.3) is 0 Å². The highest BCUT2D eigenvalue weighted by atomic mass is 16.1. The summed E-state index contributed by atoms with van der Waals surface area (Å²) in [7, 11) is 0. The molecule has 18 heavy (non-hydrogen) atoms. The van der Waals surface area contributed by atoms with Crippen molar-refractivity contribution in [3.63, 3.8) is 0 Å². The molecule has 0 aromatic rings. The van der Waals surface area contributed by atoms with E-state index in [9.17, 15) is 4.79 Å². The standard InChI is InChI=1S/C14H29N3O/c1-4-12-6-5-7-17(10-12)13(9-15)8-14(18)16-11(2)3/h11-13H,4-10,15H2,1-3H3,(H,16,18). The third-order valence-corrected chi connectivity index (χ3v) is 3.79. The third kappa shape index (κ3) is 4.94. The lowest BCUT2D eigenvalue weighted by atomic mass is 9.94. The summed E-state index contributed by atoms with van der Waals surface area (Å²) in [4.78, 5) is 14.2. The number of amides is 1. The van der Waals surface area contributed by atoms with Gasteiger partial charge in [0.05, 0.1) is 0 Å². The van der Waals surface area contributed by atoms with Crippen LogP contribution >= 0.6 is 0 Å². The number of carbonyl (C=O) groups excluding carboxylic acids is 1. The first-order valence-corrected chi connectivity index (χ1v) is 7.30. The van der Waals surface area contributed by atoms with Crippen molar-refractivity contribution in [2.75, 3.05) is 19.6 Å². The largest absolute Gasteiger partial charge is 0.354 e. The Hall–Kier alpha value is -0.610. The number of piperidine rings is 1. The molecule has 1 aliphatic rings. The van der Waals surface area contributed by atoms with Crippen molar-refractivity contribution in [3.05, 3.63) is 0 Å². The van der Waals surface area contributed by atoms with E-state index in [0.717, 1.165) is 19.0 Å². The maximum atomic E-state index is 11.8. The molecule has 4 nitrogen and oxygen atoms in total. The molecule has 2 atom stereocenters. The van der Waals surface area contributed by atoms with Gasteiger partial charge in [0.2, 0.25) is 5.91 Å². The van der Waals surface area contributed by atoms with E-state index in [2.05, 4.69) is 17.1 Å². The van der Waals surface area contributed by atoms with Gasteiger partial charge in [0.1, 0.15) is 0 Å². The van der Waals surface area contributed by atoms with E-state index in [1.807, 2.05) is 13.8 Å². The van der Waals surface area contributed by atoms with E-state index in [-0.39, 0.29) is 18.0 Å². The van der Waals surface area contributed by atoms with Crippen LogP contribution in [0.3, 0.4) is 0 Å². The zero-order valence-corrected chi connectivity index (χ0v) is 12.1. The van der Waals surface area contributed by atoms with Crippen LogP contribution in [0.15, 0.2) is 0 Å². The average Bonchev–Trinajstić information content (AvgIpc) is 2.35. The van der Waals surface area contributed by atoms with Crippen LogP contribution < -0.4 is 11.1 Å². The van der Waals surface area contributed by atoms with Crippen molar-refractivity contribution in [2.45, 2.75) is 58.5 Å². The minimum atomic E-state index is 0.124. The van der Waals surface area contributed by atoms with Gasteiger partial charge in [0, 0.05) is 31.6 Å². The van der Waals surface area contributed by atoms with Gasteiger partial charge < -0.3 is 11.1 Å². The molecule has 0 saturated carbocycles. The van der Waals surface area contributed by atoms with Crippen molar-refractivity contribution in [3.8, 4) is 0 Å². The number of rotatable bonds is 6. The van der Waals surface area contributed by atoms with Gasteiger partial charge in [-0.1, -0.05) is 13.3 Å². The number of hydrogen-bond donors (Lipinski definition) is 2. The molecule has 0 bridgehead atoms. The molecular weight excluding hydrogens is 226 g/mol. The molecule has 0 radical (unpaired) electrons. The van der Waals surface area contributed by atoms with Crippen LogP contribution in [0.5, 0.6) is 0 Å². The zero-order valence-electron chi connectivity index (χ0n) is 12.1. The summed E-state index contributed by atoms with van der Waals surface area (Å²) < 4.78 is 0. The molecule has 1 heterocycles. The van der Waals surface area contributed by atoms with Gasteiger partial charge >= 0.3 is 0 Å². The van der Waals surface area contributed by atoms with Gasteiger partial charge in [-0.25, -0.2) is 0 Å². The van der Waals surface area contributed by atoms with Crippen LogP contribution in [0, 0.1) is 5.92 Å². The number of carbonyl (C=O) groups is 1. The Kier molecular flexibility index (Phi) is 6.65. The lowest BCUT2D eigenvalue weighted by Crippen LogP contribution is -2.48. The van der Waals surface area contributed by atoms with Crippen molar-refractivity contribution in [1.82, 2.24) is 10.2 Å². The molecule has 1 aliphatic heterocycles. The lowest BCUT2D eigenvalue weighted by Gasteiger charge is -2.37. The number of likely N-dealkylation sites (tertiary alicyclic amines) is 1. The van der Waals surface area contributed by atoms with Gasteiger partial charge in [-0.15, -0.1) is 0 Å². The second kappa shape index (κ2) is 7.74. The summed E-state index contributed by atoms with van der Waals surface area (Å²) in [5.74, 6) is 0.903. The van der Waals surface area contributed by atoms with E-state index in [1.54, 1.807) is 0 Å². The smallest absolute Gasteiger partial charge is 0.221 e. The molecule has 0 spiro atoms. The number of nitrogens with one attached hydrogen (secondary N) is 1. The lowest BCUT2D eigenvalue weighted by molar-refractivity contribution is -0.123. The van der Waals surface area contributed by atoms with E-state index in [1.165, 1.54) is 19.3 Å².